The van der Waals surface area contributed by atoms with Gasteiger partial charge in [-0.1, -0.05) is 18.2 Å². The van der Waals surface area contributed by atoms with E-state index in [9.17, 15) is 4.79 Å². The molecule has 2 aromatic carbocycles. The monoisotopic (exact) mass is 352 g/mol. The SMILES string of the molecule is CCOc1cc2c(cc1OC)C(=O)N1c3ccccc3C[C@H]1C(C)N2C. The van der Waals surface area contributed by atoms with Crippen molar-refractivity contribution >= 4 is 17.3 Å². The number of fused-ring (bicyclic) bond motifs is 4. The van der Waals surface area contributed by atoms with Crippen LogP contribution in [0.3, 0.4) is 0 Å². The van der Waals surface area contributed by atoms with E-state index in [1.165, 1.54) is 5.56 Å². The molecule has 0 saturated carbocycles. The van der Waals surface area contributed by atoms with Crippen molar-refractivity contribution in [2.24, 2.45) is 0 Å². The summed E-state index contributed by atoms with van der Waals surface area (Å²) in [6.07, 6.45) is 0.872. The van der Waals surface area contributed by atoms with E-state index < -0.39 is 0 Å². The molecule has 0 radical (unpaired) electrons. The Balaban J connectivity index is 1.89. The first-order valence-corrected chi connectivity index (χ1v) is 9.06. The molecule has 0 aromatic heterocycles. The van der Waals surface area contributed by atoms with Gasteiger partial charge < -0.3 is 19.3 Å². The molecule has 1 amide bonds. The summed E-state index contributed by atoms with van der Waals surface area (Å²) in [5.74, 6) is 1.28. The maximum absolute atomic E-state index is 13.5. The molecule has 2 atom stereocenters. The minimum atomic E-state index is 0.0208. The number of amides is 1. The Morgan fingerprint density at radius 1 is 1.15 bits per heavy atom. The largest absolute Gasteiger partial charge is 0.493 e. The highest BCUT2D eigenvalue weighted by atomic mass is 16.5. The van der Waals surface area contributed by atoms with E-state index >= 15 is 0 Å². The summed E-state index contributed by atoms with van der Waals surface area (Å²) in [4.78, 5) is 17.7. The normalized spacial score (nSPS) is 21.0. The van der Waals surface area contributed by atoms with Gasteiger partial charge in [-0.15, -0.1) is 0 Å². The molecule has 2 heterocycles. The van der Waals surface area contributed by atoms with Gasteiger partial charge in [-0.05, 0) is 38.0 Å². The van der Waals surface area contributed by atoms with Crippen LogP contribution in [0.25, 0.3) is 0 Å². The summed E-state index contributed by atoms with van der Waals surface area (Å²) < 4.78 is 11.2. The van der Waals surface area contributed by atoms with Crippen LogP contribution < -0.4 is 19.3 Å². The zero-order valence-corrected chi connectivity index (χ0v) is 15.7. The lowest BCUT2D eigenvalue weighted by atomic mass is 10.0. The number of carbonyl (C=O) groups excluding carboxylic acids is 1. The van der Waals surface area contributed by atoms with Crippen molar-refractivity contribution in [3.8, 4) is 11.5 Å². The maximum Gasteiger partial charge on any atom is 0.260 e. The average molecular weight is 352 g/mol. The molecule has 4 rings (SSSR count). The lowest BCUT2D eigenvalue weighted by Gasteiger charge is -2.32. The molecule has 1 unspecified atom stereocenters. The van der Waals surface area contributed by atoms with Crippen LogP contribution in [0.1, 0.15) is 29.8 Å². The third-order valence-electron chi connectivity index (χ3n) is 5.59. The first-order valence-electron chi connectivity index (χ1n) is 9.06. The molecule has 136 valence electrons. The Bertz CT molecular complexity index is 864. The highest BCUT2D eigenvalue weighted by molar-refractivity contribution is 6.12. The van der Waals surface area contributed by atoms with Crippen molar-refractivity contribution in [1.29, 1.82) is 0 Å². The lowest BCUT2D eigenvalue weighted by Crippen LogP contribution is -2.47. The van der Waals surface area contributed by atoms with Gasteiger partial charge in [0.15, 0.2) is 11.5 Å². The van der Waals surface area contributed by atoms with Gasteiger partial charge in [0.05, 0.1) is 31.0 Å². The van der Waals surface area contributed by atoms with Crippen molar-refractivity contribution in [2.45, 2.75) is 32.4 Å². The molecule has 2 aromatic rings. The summed E-state index contributed by atoms with van der Waals surface area (Å²) in [5, 5.41) is 0. The number of anilines is 2. The van der Waals surface area contributed by atoms with Crippen LogP contribution in [0, 0.1) is 0 Å². The maximum atomic E-state index is 13.5. The van der Waals surface area contributed by atoms with Crippen LogP contribution in [0.5, 0.6) is 11.5 Å². The minimum absolute atomic E-state index is 0.0208. The molecule has 26 heavy (non-hydrogen) atoms. The number of carbonyl (C=O) groups is 1. The lowest BCUT2D eigenvalue weighted by molar-refractivity contribution is 0.0980. The molecule has 0 spiro atoms. The fourth-order valence-electron chi connectivity index (χ4n) is 4.11. The number of rotatable bonds is 3. The van der Waals surface area contributed by atoms with Crippen LogP contribution in [-0.4, -0.2) is 38.8 Å². The van der Waals surface area contributed by atoms with E-state index in [0.29, 0.717) is 23.7 Å². The topological polar surface area (TPSA) is 42.0 Å². The molecule has 2 aliphatic heterocycles. The van der Waals surface area contributed by atoms with Gasteiger partial charge in [0.25, 0.3) is 5.91 Å². The molecule has 2 aliphatic rings. The molecule has 5 heteroatoms. The van der Waals surface area contributed by atoms with Gasteiger partial charge in [-0.25, -0.2) is 0 Å². The second-order valence-electron chi connectivity index (χ2n) is 6.88. The van der Waals surface area contributed by atoms with Crippen LogP contribution in [-0.2, 0) is 6.42 Å². The number of para-hydroxylation sites is 1. The Kier molecular flexibility index (Phi) is 4.02. The number of nitrogens with zero attached hydrogens (tertiary/aromatic N) is 2. The molecule has 0 saturated heterocycles. The van der Waals surface area contributed by atoms with E-state index in [1.54, 1.807) is 7.11 Å². The first kappa shape index (κ1) is 16.8. The Hall–Kier alpha value is -2.69. The molecule has 0 bridgehead atoms. The van der Waals surface area contributed by atoms with Crippen LogP contribution in [0.2, 0.25) is 0 Å². The van der Waals surface area contributed by atoms with Gasteiger partial charge in [-0.2, -0.15) is 0 Å². The number of hydrogen-bond donors (Lipinski definition) is 0. The Labute approximate surface area is 154 Å². The van der Waals surface area contributed by atoms with Crippen LogP contribution in [0.15, 0.2) is 36.4 Å². The summed E-state index contributed by atoms with van der Waals surface area (Å²) >= 11 is 0. The van der Waals surface area contributed by atoms with Crippen molar-refractivity contribution in [3.63, 3.8) is 0 Å². The fourth-order valence-corrected chi connectivity index (χ4v) is 4.11. The highest BCUT2D eigenvalue weighted by Gasteiger charge is 2.42. The predicted octanol–water partition coefficient (Wildman–Crippen LogP) is 3.50. The summed E-state index contributed by atoms with van der Waals surface area (Å²) in [6, 6.07) is 12.2. The smallest absolute Gasteiger partial charge is 0.260 e. The van der Waals surface area contributed by atoms with Crippen molar-refractivity contribution in [3.05, 3.63) is 47.5 Å². The second-order valence-corrected chi connectivity index (χ2v) is 6.88. The fraction of sp³-hybridized carbons (Fsp3) is 0.381. The van der Waals surface area contributed by atoms with Crippen LogP contribution >= 0.6 is 0 Å². The third kappa shape index (κ3) is 2.34. The van der Waals surface area contributed by atoms with E-state index in [0.717, 1.165) is 17.8 Å². The number of likely N-dealkylation sites (N-methyl/N-ethyl adjacent to an activating group) is 1. The van der Waals surface area contributed by atoms with E-state index in [2.05, 4.69) is 17.9 Å². The summed E-state index contributed by atoms with van der Waals surface area (Å²) in [6.45, 7) is 4.66. The standard InChI is InChI=1S/C21H24N2O3/c1-5-26-20-12-18-15(11-19(20)25-4)21(24)23-16-9-7-6-8-14(16)10-17(23)13(2)22(18)3/h6-9,11-13,17H,5,10H2,1-4H3/t13?,17-/m0/s1. The number of ether oxygens (including phenoxy) is 2. The van der Waals surface area contributed by atoms with E-state index in [1.807, 2.05) is 49.2 Å². The van der Waals surface area contributed by atoms with Crippen LogP contribution in [0.4, 0.5) is 11.4 Å². The minimum Gasteiger partial charge on any atom is -0.493 e. The molecular formula is C21H24N2O3. The predicted molar refractivity (Wildman–Crippen MR) is 103 cm³/mol. The zero-order valence-electron chi connectivity index (χ0n) is 15.7. The van der Waals surface area contributed by atoms with Crippen molar-refractivity contribution < 1.29 is 14.3 Å². The second kappa shape index (κ2) is 6.24. The number of hydrogen-bond acceptors (Lipinski definition) is 4. The zero-order chi connectivity index (χ0) is 18.4. The van der Waals surface area contributed by atoms with Gasteiger partial charge in [0.2, 0.25) is 0 Å². The number of benzene rings is 2. The number of methoxy groups -OCH3 is 1. The van der Waals surface area contributed by atoms with Crippen molar-refractivity contribution in [2.75, 3.05) is 30.6 Å². The van der Waals surface area contributed by atoms with Gasteiger partial charge in [-0.3, -0.25) is 4.79 Å². The molecule has 0 fully saturated rings. The highest BCUT2D eigenvalue weighted by Crippen LogP contribution is 2.43. The van der Waals surface area contributed by atoms with Gasteiger partial charge >= 0.3 is 0 Å². The molecule has 5 nitrogen and oxygen atoms in total. The average Bonchev–Trinajstić information content (AvgIpc) is 3.02. The molecular weight excluding hydrogens is 328 g/mol. The summed E-state index contributed by atoms with van der Waals surface area (Å²) in [7, 11) is 3.65. The molecule has 0 aliphatic carbocycles. The van der Waals surface area contributed by atoms with Crippen molar-refractivity contribution in [1.82, 2.24) is 0 Å². The van der Waals surface area contributed by atoms with Gasteiger partial charge in [0.1, 0.15) is 0 Å². The quantitative estimate of drug-likeness (QED) is 0.848. The first-order chi connectivity index (χ1) is 12.6. The molecule has 0 N–H and O–H groups in total. The van der Waals surface area contributed by atoms with E-state index in [4.69, 9.17) is 9.47 Å². The van der Waals surface area contributed by atoms with Gasteiger partial charge in [0, 0.05) is 24.8 Å². The Morgan fingerprint density at radius 3 is 2.65 bits per heavy atom. The Morgan fingerprint density at radius 2 is 1.92 bits per heavy atom. The summed E-state index contributed by atoms with van der Waals surface area (Å²) in [5.41, 5.74) is 3.79. The third-order valence-corrected chi connectivity index (χ3v) is 5.59. The van der Waals surface area contributed by atoms with E-state index in [-0.39, 0.29) is 18.0 Å².